The van der Waals surface area contributed by atoms with Gasteiger partial charge in [-0.15, -0.1) is 0 Å². The zero-order valence-corrected chi connectivity index (χ0v) is 4.03. The summed E-state index contributed by atoms with van der Waals surface area (Å²) in [5, 5.41) is 17.0. The number of rotatable bonds is 2. The van der Waals surface area contributed by atoms with Crippen molar-refractivity contribution in [3.63, 3.8) is 0 Å². The molecular formula is C4H9NO3. The second-order valence-corrected chi connectivity index (χ2v) is 1.24. The summed E-state index contributed by atoms with van der Waals surface area (Å²) in [7, 11) is 0. The molecule has 0 radical (unpaired) electrons. The molecule has 0 amide bonds. The Morgan fingerprint density at radius 1 is 2.12 bits per heavy atom. The topological polar surface area (TPSA) is 83.5 Å². The van der Waals surface area contributed by atoms with Crippen LogP contribution in [0.5, 0.6) is 0 Å². The van der Waals surface area contributed by atoms with Crippen molar-refractivity contribution in [3.05, 3.63) is 0 Å². The lowest BCUT2D eigenvalue weighted by Crippen LogP contribution is -2.39. The quantitative estimate of drug-likeness (QED) is 0.320. The van der Waals surface area contributed by atoms with Gasteiger partial charge < -0.3 is 15.9 Å². The molecule has 48 valence electrons. The van der Waals surface area contributed by atoms with Gasteiger partial charge in [0.1, 0.15) is 6.04 Å². The first-order valence-corrected chi connectivity index (χ1v) is 1.85. The van der Waals surface area contributed by atoms with E-state index in [2.05, 4.69) is 0 Å². The highest BCUT2D eigenvalue weighted by Crippen LogP contribution is 1.85. The Hall–Kier alpha value is -0.610. The van der Waals surface area contributed by atoms with E-state index in [1.807, 2.05) is 0 Å². The van der Waals surface area contributed by atoms with Crippen LogP contribution in [-0.4, -0.2) is 28.3 Å². The van der Waals surface area contributed by atoms with Gasteiger partial charge in [0.05, 0.1) is 7.45 Å². The molecule has 0 fully saturated rings. The minimum Gasteiger partial charge on any atom is -0.480 e. The number of aliphatic carboxylic acids is 1. The van der Waals surface area contributed by atoms with Crippen molar-refractivity contribution < 1.29 is 19.1 Å². The molecule has 0 rings (SSSR count). The molecule has 0 aromatic rings. The van der Waals surface area contributed by atoms with Gasteiger partial charge in [0.2, 0.25) is 0 Å². The predicted octanol–water partition coefficient (Wildman–Crippen LogP) is -1.22. The Kier molecular flexibility index (Phi) is 1.13. The van der Waals surface area contributed by atoms with Gasteiger partial charge in [0.25, 0.3) is 0 Å². The lowest BCUT2D eigenvalue weighted by Gasteiger charge is -2.06. The van der Waals surface area contributed by atoms with Crippen LogP contribution in [0.25, 0.3) is 0 Å². The molecule has 8 heavy (non-hydrogen) atoms. The molecule has 0 aliphatic rings. The van der Waals surface area contributed by atoms with Crippen LogP contribution in [0.15, 0.2) is 0 Å². The van der Waals surface area contributed by atoms with E-state index < -0.39 is 25.0 Å². The summed E-state index contributed by atoms with van der Waals surface area (Å²) >= 11 is 0. The third-order valence-corrected chi connectivity index (χ3v) is 0.585. The summed E-state index contributed by atoms with van der Waals surface area (Å²) in [5.41, 5.74) is 4.82. The monoisotopic (exact) mass is 127 g/mol. The maximum Gasteiger partial charge on any atom is 0.323 e. The second kappa shape index (κ2) is 2.64. The average Bonchev–Trinajstić information content (AvgIpc) is 1.85. The van der Waals surface area contributed by atoms with E-state index >= 15 is 0 Å². The third-order valence-electron chi connectivity index (χ3n) is 0.585. The smallest absolute Gasteiger partial charge is 0.323 e. The molecule has 0 aromatic carbocycles. The van der Waals surface area contributed by atoms with Crippen molar-refractivity contribution in [1.29, 1.82) is 0 Å². The molecule has 0 saturated heterocycles. The fourth-order valence-electron chi connectivity index (χ4n) is 0.127. The van der Waals surface area contributed by atoms with Crippen LogP contribution >= 0.6 is 0 Å². The van der Waals surface area contributed by atoms with Crippen molar-refractivity contribution in [2.45, 2.75) is 19.0 Å². The maximum absolute atomic E-state index is 10.1. The van der Waals surface area contributed by atoms with Crippen molar-refractivity contribution >= 4 is 5.97 Å². The van der Waals surface area contributed by atoms with Gasteiger partial charge >= 0.3 is 5.97 Å². The highest BCUT2D eigenvalue weighted by Gasteiger charge is 2.16. The number of carboxylic acids is 1. The van der Waals surface area contributed by atoms with E-state index in [1.54, 1.807) is 0 Å². The zero-order chi connectivity index (χ0) is 9.23. The molecule has 4 nitrogen and oxygen atoms in total. The molecule has 0 unspecified atom stereocenters. The molecule has 0 aliphatic carbocycles. The van der Waals surface area contributed by atoms with Crippen LogP contribution in [0.2, 0.25) is 0 Å². The number of hydrogen-bond donors (Lipinski definition) is 3. The first-order valence-electron chi connectivity index (χ1n) is 3.51. The van der Waals surface area contributed by atoms with Gasteiger partial charge in [-0.3, -0.25) is 4.79 Å². The van der Waals surface area contributed by atoms with Crippen LogP contribution in [0.3, 0.4) is 0 Å². The summed E-state index contributed by atoms with van der Waals surface area (Å²) in [6.45, 7) is -2.01. The SMILES string of the molecule is [2H][13CH]([2H])[13C@]([2H])(O)[13C@H]([15NH2])[13C](=O)O. The Balaban J connectivity index is 4.41. The van der Waals surface area contributed by atoms with Gasteiger partial charge in [-0.05, 0) is 6.88 Å². The summed E-state index contributed by atoms with van der Waals surface area (Å²) in [6, 6.07) is -1.93. The minimum absolute atomic E-state index is 1.60. The van der Waals surface area contributed by atoms with E-state index in [9.17, 15) is 4.79 Å². The Morgan fingerprint density at radius 2 is 2.62 bits per heavy atom. The first kappa shape index (κ1) is 3.42. The summed E-state index contributed by atoms with van der Waals surface area (Å²) in [5.74, 6) is -1.60. The average molecular weight is 127 g/mol. The van der Waals surface area contributed by atoms with Gasteiger partial charge in [-0.1, -0.05) is 0 Å². The van der Waals surface area contributed by atoms with Gasteiger partial charge in [-0.2, -0.15) is 0 Å². The molecule has 0 spiro atoms. The number of nitrogens with two attached hydrogens (primary N) is 1. The molecule has 0 saturated carbocycles. The largest absolute Gasteiger partial charge is 0.480 e. The van der Waals surface area contributed by atoms with E-state index in [4.69, 9.17) is 20.1 Å². The third kappa shape index (κ3) is 1.90. The summed E-state index contributed by atoms with van der Waals surface area (Å²) in [4.78, 5) is 10.1. The van der Waals surface area contributed by atoms with Crippen LogP contribution in [-0.2, 0) is 4.79 Å². The Labute approximate surface area is 51.1 Å². The van der Waals surface area contributed by atoms with E-state index in [0.717, 1.165) is 0 Å². The lowest BCUT2D eigenvalue weighted by atomic mass is 11.2. The lowest BCUT2D eigenvalue weighted by molar-refractivity contribution is -0.140. The van der Waals surface area contributed by atoms with E-state index in [1.165, 1.54) is 0 Å². The van der Waals surface area contributed by atoms with Gasteiger partial charge in [0, 0.05) is 2.74 Å². The van der Waals surface area contributed by atoms with E-state index in [-0.39, 0.29) is 0 Å². The van der Waals surface area contributed by atoms with Crippen LogP contribution in [0, 0.1) is 0 Å². The minimum atomic E-state index is -2.76. The predicted molar refractivity (Wildman–Crippen MR) is 27.3 cm³/mol. The highest BCUT2D eigenvalue weighted by molar-refractivity contribution is 5.73. The molecule has 4 N–H and O–H groups in total. The van der Waals surface area contributed by atoms with Crippen molar-refractivity contribution in [3.8, 4) is 0 Å². The molecule has 4 heteroatoms. The fourth-order valence-corrected chi connectivity index (χ4v) is 0.127. The van der Waals surface area contributed by atoms with Crippen molar-refractivity contribution in [1.82, 2.24) is 0 Å². The van der Waals surface area contributed by atoms with Crippen LogP contribution < -0.4 is 5.73 Å². The van der Waals surface area contributed by atoms with Crippen molar-refractivity contribution in [2.75, 3.05) is 0 Å². The first-order chi connectivity index (χ1) is 4.80. The summed E-state index contributed by atoms with van der Waals surface area (Å²) < 4.78 is 20.0. The van der Waals surface area contributed by atoms with Crippen LogP contribution in [0.4, 0.5) is 0 Å². The number of carbonyl (C=O) groups is 1. The Bertz CT molecular complexity index is 161. The van der Waals surface area contributed by atoms with Crippen molar-refractivity contribution in [2.24, 2.45) is 5.73 Å². The molecule has 0 heterocycles. The molecule has 0 aliphatic heterocycles. The highest BCUT2D eigenvalue weighted by atomic mass is 16.5. The zero-order valence-electron chi connectivity index (χ0n) is 7.03. The number of carboxylic acid groups (broad SMARTS) is 1. The molecule has 0 bridgehead atoms. The maximum atomic E-state index is 10.1. The van der Waals surface area contributed by atoms with E-state index in [0.29, 0.717) is 0 Å². The standard InChI is InChI=1S/C4H9NO3/c1-2(6)3(5)4(7)8/h2-3,6H,5H2,1H3,(H,7,8)/t2-,3-/m0/s1/i1+1D2,2+1D,3+1,4+1,5+1. The number of hydrogen-bond acceptors (Lipinski definition) is 3. The van der Waals surface area contributed by atoms with Gasteiger partial charge in [-0.25, -0.2) is 0 Å². The second-order valence-electron chi connectivity index (χ2n) is 1.24. The molecule has 0 aromatic heterocycles. The molecule has 2 atom stereocenters. The Morgan fingerprint density at radius 3 is 2.75 bits per heavy atom. The van der Waals surface area contributed by atoms with Crippen LogP contribution in [0.1, 0.15) is 11.0 Å². The van der Waals surface area contributed by atoms with Gasteiger partial charge in [0.15, 0.2) is 0 Å². The normalized spacial score (nSPS) is 27.1. The summed E-state index contributed by atoms with van der Waals surface area (Å²) in [6.07, 6.45) is -2.76. The fraction of sp³-hybridized carbons (Fsp3) is 0.750. The molecular weight excluding hydrogens is 115 g/mol. The number of aliphatic hydroxyl groups is 1.